The lowest BCUT2D eigenvalue weighted by Crippen LogP contribution is -2.46. The first kappa shape index (κ1) is 20.7. The van der Waals surface area contributed by atoms with E-state index in [1.807, 2.05) is 32.0 Å². The molecular weight excluding hydrogens is 352 g/mol. The normalized spacial score (nSPS) is 19.8. The summed E-state index contributed by atoms with van der Waals surface area (Å²) in [5, 5.41) is 3.11. The minimum Gasteiger partial charge on any atom is -0.496 e. The van der Waals surface area contributed by atoms with Crippen molar-refractivity contribution in [2.75, 3.05) is 26.0 Å². The molecular formula is C19H30N2O4S. The molecule has 1 heterocycles. The fraction of sp³-hybridized carbons (Fsp3) is 0.632. The summed E-state index contributed by atoms with van der Waals surface area (Å²) in [5.41, 5.74) is 2.06. The molecule has 0 radical (unpaired) electrons. The average molecular weight is 383 g/mol. The van der Waals surface area contributed by atoms with Crippen LogP contribution in [0.5, 0.6) is 5.75 Å². The maximum atomic E-state index is 12.8. The number of piperidine rings is 1. The van der Waals surface area contributed by atoms with Crippen molar-refractivity contribution in [3.63, 3.8) is 0 Å². The van der Waals surface area contributed by atoms with Gasteiger partial charge in [-0.25, -0.2) is 12.7 Å². The van der Waals surface area contributed by atoms with E-state index in [0.29, 0.717) is 6.54 Å². The fourth-order valence-electron chi connectivity index (χ4n) is 3.42. The molecule has 0 bridgehead atoms. The maximum absolute atomic E-state index is 12.8. The Hall–Kier alpha value is -1.60. The first-order chi connectivity index (χ1) is 12.3. The van der Waals surface area contributed by atoms with Gasteiger partial charge in [-0.15, -0.1) is 0 Å². The van der Waals surface area contributed by atoms with Gasteiger partial charge >= 0.3 is 0 Å². The molecule has 1 saturated heterocycles. The lowest BCUT2D eigenvalue weighted by Gasteiger charge is -2.32. The second-order valence-corrected chi connectivity index (χ2v) is 9.05. The second kappa shape index (κ2) is 8.86. The van der Waals surface area contributed by atoms with Crippen LogP contribution < -0.4 is 10.1 Å². The number of carbonyl (C=O) groups excluding carboxylic acids is 1. The third-order valence-electron chi connectivity index (χ3n) is 5.06. The van der Waals surface area contributed by atoms with Crippen LogP contribution >= 0.6 is 0 Å². The van der Waals surface area contributed by atoms with Crippen LogP contribution in [-0.4, -0.2) is 44.6 Å². The van der Waals surface area contributed by atoms with Crippen LogP contribution in [0.25, 0.3) is 0 Å². The van der Waals surface area contributed by atoms with Crippen molar-refractivity contribution in [1.82, 2.24) is 9.62 Å². The number of sulfonamides is 1. The van der Waals surface area contributed by atoms with E-state index in [1.165, 1.54) is 4.31 Å². The van der Waals surface area contributed by atoms with Gasteiger partial charge in [-0.05, 0) is 50.3 Å². The highest BCUT2D eigenvalue weighted by Crippen LogP contribution is 2.26. The third-order valence-corrected chi connectivity index (χ3v) is 6.91. The van der Waals surface area contributed by atoms with Crippen molar-refractivity contribution in [2.24, 2.45) is 5.92 Å². The Bertz CT molecular complexity index is 733. The minimum absolute atomic E-state index is 0.0682. The number of carbonyl (C=O) groups is 1. The Morgan fingerprint density at radius 2 is 2.12 bits per heavy atom. The maximum Gasteiger partial charge on any atom is 0.224 e. The quantitative estimate of drug-likeness (QED) is 0.787. The molecule has 0 saturated carbocycles. The molecule has 26 heavy (non-hydrogen) atoms. The molecule has 2 atom stereocenters. The number of rotatable bonds is 7. The van der Waals surface area contributed by atoms with Crippen molar-refractivity contribution in [3.05, 3.63) is 29.3 Å². The number of hydrogen-bond donors (Lipinski definition) is 1. The highest BCUT2D eigenvalue weighted by atomic mass is 32.2. The van der Waals surface area contributed by atoms with Gasteiger partial charge < -0.3 is 10.1 Å². The zero-order chi connectivity index (χ0) is 19.3. The molecule has 6 nitrogen and oxygen atoms in total. The molecule has 1 aliphatic heterocycles. The zero-order valence-electron chi connectivity index (χ0n) is 16.1. The molecule has 0 unspecified atom stereocenters. The predicted octanol–water partition coefficient (Wildman–Crippen LogP) is 2.63. The van der Waals surface area contributed by atoms with Crippen LogP contribution in [0.1, 0.15) is 50.3 Å². The Morgan fingerprint density at radius 3 is 2.69 bits per heavy atom. The van der Waals surface area contributed by atoms with E-state index in [-0.39, 0.29) is 30.2 Å². The smallest absolute Gasteiger partial charge is 0.224 e. The highest BCUT2D eigenvalue weighted by molar-refractivity contribution is 7.89. The lowest BCUT2D eigenvalue weighted by atomic mass is 9.96. The second-order valence-electron chi connectivity index (χ2n) is 6.80. The van der Waals surface area contributed by atoms with E-state index in [2.05, 4.69) is 5.32 Å². The van der Waals surface area contributed by atoms with Crippen molar-refractivity contribution in [3.8, 4) is 5.75 Å². The van der Waals surface area contributed by atoms with Crippen molar-refractivity contribution in [2.45, 2.75) is 46.1 Å². The van der Waals surface area contributed by atoms with Gasteiger partial charge in [-0.1, -0.05) is 19.1 Å². The molecule has 1 N–H and O–H groups in total. The number of amides is 1. The van der Waals surface area contributed by atoms with Crippen LogP contribution in [0.15, 0.2) is 18.2 Å². The van der Waals surface area contributed by atoms with E-state index >= 15 is 0 Å². The minimum atomic E-state index is -3.25. The Morgan fingerprint density at radius 1 is 1.38 bits per heavy atom. The van der Waals surface area contributed by atoms with E-state index in [1.54, 1.807) is 14.0 Å². The topological polar surface area (TPSA) is 75.7 Å². The van der Waals surface area contributed by atoms with Gasteiger partial charge in [0.2, 0.25) is 15.9 Å². The molecule has 1 aromatic carbocycles. The SMILES string of the molecule is CC[C@H](NC(=O)[C@H]1CCCN(S(=O)(=O)CC)C1)c1ccc(OC)c(C)c1. The summed E-state index contributed by atoms with van der Waals surface area (Å²) in [6.45, 7) is 6.43. The number of aryl methyl sites for hydroxylation is 1. The number of methoxy groups -OCH3 is 1. The molecule has 1 aromatic rings. The summed E-state index contributed by atoms with van der Waals surface area (Å²) >= 11 is 0. The van der Waals surface area contributed by atoms with Gasteiger partial charge in [0.25, 0.3) is 0 Å². The molecule has 0 spiro atoms. The largest absolute Gasteiger partial charge is 0.496 e. The average Bonchev–Trinajstić information content (AvgIpc) is 2.65. The number of nitrogens with one attached hydrogen (secondary N) is 1. The third kappa shape index (κ3) is 4.76. The number of benzene rings is 1. The first-order valence-electron chi connectivity index (χ1n) is 9.25. The van der Waals surface area contributed by atoms with E-state index < -0.39 is 10.0 Å². The molecule has 7 heteroatoms. The molecule has 0 aliphatic carbocycles. The molecule has 1 fully saturated rings. The van der Waals surface area contributed by atoms with Crippen LogP contribution in [0.3, 0.4) is 0 Å². The number of nitrogens with zero attached hydrogens (tertiary/aromatic N) is 1. The Kier molecular flexibility index (Phi) is 7.06. The van der Waals surface area contributed by atoms with E-state index in [9.17, 15) is 13.2 Å². The monoisotopic (exact) mass is 382 g/mol. The zero-order valence-corrected chi connectivity index (χ0v) is 16.9. The summed E-state index contributed by atoms with van der Waals surface area (Å²) in [6.07, 6.45) is 2.20. The van der Waals surface area contributed by atoms with Gasteiger partial charge in [0.1, 0.15) is 5.75 Å². The molecule has 1 aliphatic rings. The summed E-state index contributed by atoms with van der Waals surface area (Å²) in [7, 11) is -1.61. The standard InChI is InChI=1S/C19H30N2O4S/c1-5-17(15-9-10-18(25-4)14(3)12-15)20-19(22)16-8-7-11-21(13-16)26(23,24)6-2/h9-10,12,16-17H,5-8,11,13H2,1-4H3,(H,20,22)/t16-,17-/m0/s1. The number of ether oxygens (including phenoxy) is 1. The lowest BCUT2D eigenvalue weighted by molar-refractivity contribution is -0.126. The molecule has 0 aromatic heterocycles. The summed E-state index contributed by atoms with van der Waals surface area (Å²) in [5.74, 6) is 0.534. The van der Waals surface area contributed by atoms with Gasteiger partial charge in [-0.2, -0.15) is 0 Å². The number of hydrogen-bond acceptors (Lipinski definition) is 4. The van der Waals surface area contributed by atoms with Crippen LogP contribution in [-0.2, 0) is 14.8 Å². The van der Waals surface area contributed by atoms with Gasteiger partial charge in [0.15, 0.2) is 0 Å². The predicted molar refractivity (Wildman–Crippen MR) is 103 cm³/mol. The van der Waals surface area contributed by atoms with Crippen LogP contribution in [0.2, 0.25) is 0 Å². The van der Waals surface area contributed by atoms with Gasteiger partial charge in [-0.3, -0.25) is 4.79 Å². The first-order valence-corrected chi connectivity index (χ1v) is 10.9. The Labute approximate surface area is 157 Å². The summed E-state index contributed by atoms with van der Waals surface area (Å²) in [4.78, 5) is 12.8. The Balaban J connectivity index is 2.08. The fourth-order valence-corrected chi connectivity index (χ4v) is 4.60. The summed E-state index contributed by atoms with van der Waals surface area (Å²) in [6, 6.07) is 5.82. The molecule has 2 rings (SSSR count). The molecule has 146 valence electrons. The van der Waals surface area contributed by atoms with Gasteiger partial charge in [0, 0.05) is 13.1 Å². The molecule has 1 amide bonds. The van der Waals surface area contributed by atoms with Crippen LogP contribution in [0, 0.1) is 12.8 Å². The van der Waals surface area contributed by atoms with Crippen molar-refractivity contribution < 1.29 is 17.9 Å². The highest BCUT2D eigenvalue weighted by Gasteiger charge is 2.32. The van der Waals surface area contributed by atoms with E-state index in [4.69, 9.17) is 4.74 Å². The summed E-state index contributed by atoms with van der Waals surface area (Å²) < 4.78 is 31.0. The van der Waals surface area contributed by atoms with Crippen LogP contribution in [0.4, 0.5) is 0 Å². The van der Waals surface area contributed by atoms with E-state index in [0.717, 1.165) is 36.1 Å². The van der Waals surface area contributed by atoms with Crippen molar-refractivity contribution >= 4 is 15.9 Å². The van der Waals surface area contributed by atoms with Crippen molar-refractivity contribution in [1.29, 1.82) is 0 Å². The van der Waals surface area contributed by atoms with Gasteiger partial charge in [0.05, 0.1) is 24.8 Å².